The highest BCUT2D eigenvalue weighted by Gasteiger charge is 2.09. The Bertz CT molecular complexity index is 780. The van der Waals surface area contributed by atoms with E-state index in [4.69, 9.17) is 0 Å². The number of aromatic amines is 1. The second-order valence-electron chi connectivity index (χ2n) is 4.75. The van der Waals surface area contributed by atoms with Crippen LogP contribution in [-0.4, -0.2) is 17.0 Å². The number of fused-ring (bicyclic) bond motifs is 1. The third kappa shape index (κ3) is 2.40. The smallest absolute Gasteiger partial charge is 0.291 e. The van der Waals surface area contributed by atoms with E-state index in [9.17, 15) is 4.79 Å². The van der Waals surface area contributed by atoms with Crippen molar-refractivity contribution < 1.29 is 0 Å². The maximum atomic E-state index is 12.1. The van der Waals surface area contributed by atoms with Crippen LogP contribution in [0.15, 0.2) is 59.4 Å². The zero-order valence-corrected chi connectivity index (χ0v) is 11.2. The molecule has 2 aromatic carbocycles. The molecule has 1 aromatic heterocycles. The fraction of sp³-hybridized carbons (Fsp3) is 0.125. The fourth-order valence-corrected chi connectivity index (χ4v) is 2.21. The summed E-state index contributed by atoms with van der Waals surface area (Å²) in [4.78, 5) is 21.3. The standard InChI is InChI=1S/C16H15N3O/c1-19(11-12-7-3-2-4-8-12)15-16(20)18-14-10-6-5-9-13(14)17-15/h2-10H,11H2,1H3,(H,18,20). The number of para-hydroxylation sites is 2. The van der Waals surface area contributed by atoms with Crippen LogP contribution in [0, 0.1) is 0 Å². The van der Waals surface area contributed by atoms with Gasteiger partial charge in [0.15, 0.2) is 5.82 Å². The summed E-state index contributed by atoms with van der Waals surface area (Å²) >= 11 is 0. The van der Waals surface area contributed by atoms with Crippen molar-refractivity contribution in [1.29, 1.82) is 0 Å². The van der Waals surface area contributed by atoms with Gasteiger partial charge in [0.25, 0.3) is 5.56 Å². The molecule has 0 atom stereocenters. The van der Waals surface area contributed by atoms with Gasteiger partial charge in [-0.05, 0) is 17.7 Å². The Labute approximate surface area is 116 Å². The molecule has 0 unspecified atom stereocenters. The molecule has 3 rings (SSSR count). The number of benzene rings is 2. The van der Waals surface area contributed by atoms with Gasteiger partial charge < -0.3 is 9.88 Å². The van der Waals surface area contributed by atoms with E-state index in [1.54, 1.807) is 0 Å². The first-order valence-corrected chi connectivity index (χ1v) is 6.48. The maximum Gasteiger partial charge on any atom is 0.291 e. The fourth-order valence-electron chi connectivity index (χ4n) is 2.21. The third-order valence-electron chi connectivity index (χ3n) is 3.21. The molecular formula is C16H15N3O. The van der Waals surface area contributed by atoms with Gasteiger partial charge in [-0.2, -0.15) is 0 Å². The Morgan fingerprint density at radius 2 is 1.75 bits per heavy atom. The van der Waals surface area contributed by atoms with Crippen LogP contribution in [0.1, 0.15) is 5.56 Å². The molecule has 0 aliphatic heterocycles. The minimum absolute atomic E-state index is 0.165. The number of nitrogens with one attached hydrogen (secondary N) is 1. The van der Waals surface area contributed by atoms with Crippen LogP contribution in [0.3, 0.4) is 0 Å². The number of H-pyrrole nitrogens is 1. The molecule has 20 heavy (non-hydrogen) atoms. The van der Waals surface area contributed by atoms with E-state index in [1.165, 1.54) is 0 Å². The molecular weight excluding hydrogens is 250 g/mol. The Balaban J connectivity index is 1.97. The van der Waals surface area contributed by atoms with Crippen molar-refractivity contribution in [3.8, 4) is 0 Å². The molecule has 0 spiro atoms. The Hall–Kier alpha value is -2.62. The van der Waals surface area contributed by atoms with Crippen LogP contribution in [0.2, 0.25) is 0 Å². The lowest BCUT2D eigenvalue weighted by Crippen LogP contribution is -2.26. The monoisotopic (exact) mass is 265 g/mol. The molecule has 0 fully saturated rings. The van der Waals surface area contributed by atoms with E-state index in [0.29, 0.717) is 12.4 Å². The van der Waals surface area contributed by atoms with Gasteiger partial charge in [-0.15, -0.1) is 0 Å². The predicted molar refractivity (Wildman–Crippen MR) is 80.9 cm³/mol. The van der Waals surface area contributed by atoms with Gasteiger partial charge in [0.1, 0.15) is 0 Å². The predicted octanol–water partition coefficient (Wildman–Crippen LogP) is 2.56. The molecule has 0 amide bonds. The van der Waals surface area contributed by atoms with E-state index >= 15 is 0 Å². The Kier molecular flexibility index (Phi) is 3.21. The van der Waals surface area contributed by atoms with Crippen molar-refractivity contribution in [2.24, 2.45) is 0 Å². The largest absolute Gasteiger partial charge is 0.351 e. The summed E-state index contributed by atoms with van der Waals surface area (Å²) in [6, 6.07) is 17.6. The summed E-state index contributed by atoms with van der Waals surface area (Å²) < 4.78 is 0. The van der Waals surface area contributed by atoms with E-state index < -0.39 is 0 Å². The van der Waals surface area contributed by atoms with Crippen molar-refractivity contribution >= 4 is 16.9 Å². The summed E-state index contributed by atoms with van der Waals surface area (Å²) in [5.41, 5.74) is 2.53. The summed E-state index contributed by atoms with van der Waals surface area (Å²) in [6.45, 7) is 0.648. The number of aromatic nitrogens is 2. The second-order valence-corrected chi connectivity index (χ2v) is 4.75. The Morgan fingerprint density at radius 1 is 1.05 bits per heavy atom. The molecule has 1 N–H and O–H groups in total. The van der Waals surface area contributed by atoms with Crippen molar-refractivity contribution in [3.63, 3.8) is 0 Å². The van der Waals surface area contributed by atoms with Gasteiger partial charge in [-0.3, -0.25) is 4.79 Å². The third-order valence-corrected chi connectivity index (χ3v) is 3.21. The van der Waals surface area contributed by atoms with Gasteiger partial charge in [0, 0.05) is 13.6 Å². The number of hydrogen-bond donors (Lipinski definition) is 1. The minimum Gasteiger partial charge on any atom is -0.351 e. The van der Waals surface area contributed by atoms with Gasteiger partial charge in [-0.1, -0.05) is 42.5 Å². The molecule has 1 heterocycles. The van der Waals surface area contributed by atoms with Crippen molar-refractivity contribution in [2.45, 2.75) is 6.54 Å². The molecule has 0 radical (unpaired) electrons. The summed E-state index contributed by atoms with van der Waals surface area (Å²) in [6.07, 6.45) is 0. The van der Waals surface area contributed by atoms with Crippen LogP contribution < -0.4 is 10.5 Å². The normalized spacial score (nSPS) is 10.7. The van der Waals surface area contributed by atoms with Gasteiger partial charge in [0.2, 0.25) is 0 Å². The van der Waals surface area contributed by atoms with Crippen molar-refractivity contribution in [2.75, 3.05) is 11.9 Å². The summed E-state index contributed by atoms with van der Waals surface area (Å²) in [5.74, 6) is 0.438. The number of anilines is 1. The summed E-state index contributed by atoms with van der Waals surface area (Å²) in [5, 5.41) is 0. The average Bonchev–Trinajstić information content (AvgIpc) is 2.47. The molecule has 3 aromatic rings. The molecule has 0 aliphatic rings. The summed E-state index contributed by atoms with van der Waals surface area (Å²) in [7, 11) is 1.87. The lowest BCUT2D eigenvalue weighted by atomic mass is 10.2. The molecule has 0 saturated carbocycles. The van der Waals surface area contributed by atoms with Crippen LogP contribution in [0.5, 0.6) is 0 Å². The first-order chi connectivity index (χ1) is 9.74. The first-order valence-electron chi connectivity index (χ1n) is 6.48. The highest BCUT2D eigenvalue weighted by atomic mass is 16.1. The molecule has 4 heteroatoms. The van der Waals surface area contributed by atoms with Crippen LogP contribution in [0.4, 0.5) is 5.82 Å². The van der Waals surface area contributed by atoms with E-state index in [1.807, 2.05) is 66.5 Å². The lowest BCUT2D eigenvalue weighted by molar-refractivity contribution is 0.888. The highest BCUT2D eigenvalue weighted by molar-refractivity contribution is 5.75. The number of nitrogens with zero attached hydrogens (tertiary/aromatic N) is 2. The van der Waals surface area contributed by atoms with E-state index in [-0.39, 0.29) is 5.56 Å². The number of hydrogen-bond acceptors (Lipinski definition) is 3. The van der Waals surface area contributed by atoms with Gasteiger partial charge >= 0.3 is 0 Å². The zero-order chi connectivity index (χ0) is 13.9. The zero-order valence-electron chi connectivity index (χ0n) is 11.2. The van der Waals surface area contributed by atoms with Gasteiger partial charge in [-0.25, -0.2) is 4.98 Å². The maximum absolute atomic E-state index is 12.1. The SMILES string of the molecule is CN(Cc1ccccc1)c1nc2ccccc2[nH]c1=O. The van der Waals surface area contributed by atoms with Crippen LogP contribution in [-0.2, 0) is 6.54 Å². The highest BCUT2D eigenvalue weighted by Crippen LogP contribution is 2.12. The van der Waals surface area contributed by atoms with Crippen LogP contribution in [0.25, 0.3) is 11.0 Å². The van der Waals surface area contributed by atoms with Crippen LogP contribution >= 0.6 is 0 Å². The van der Waals surface area contributed by atoms with Gasteiger partial charge in [0.05, 0.1) is 11.0 Å². The molecule has 0 aliphatic carbocycles. The topological polar surface area (TPSA) is 49.0 Å². The quantitative estimate of drug-likeness (QED) is 0.791. The van der Waals surface area contributed by atoms with Crippen molar-refractivity contribution in [3.05, 3.63) is 70.5 Å². The lowest BCUT2D eigenvalue weighted by Gasteiger charge is -2.17. The first kappa shape index (κ1) is 12.4. The van der Waals surface area contributed by atoms with Crippen molar-refractivity contribution in [1.82, 2.24) is 9.97 Å². The molecule has 4 nitrogen and oxygen atoms in total. The minimum atomic E-state index is -0.165. The Morgan fingerprint density at radius 3 is 2.55 bits per heavy atom. The number of rotatable bonds is 3. The second kappa shape index (κ2) is 5.17. The van der Waals surface area contributed by atoms with E-state index in [2.05, 4.69) is 9.97 Å². The van der Waals surface area contributed by atoms with E-state index in [0.717, 1.165) is 16.6 Å². The molecule has 100 valence electrons. The average molecular weight is 265 g/mol. The molecule has 0 saturated heterocycles. The molecule has 0 bridgehead atoms.